The molecule has 0 aliphatic heterocycles. The average molecular weight is 211 g/mol. The van der Waals surface area contributed by atoms with E-state index >= 15 is 0 Å². The summed E-state index contributed by atoms with van der Waals surface area (Å²) in [6, 6.07) is 0. The maximum Gasteiger partial charge on any atom is 0.336 e. The molecule has 1 atom stereocenters. The molecule has 0 aromatic carbocycles. The van der Waals surface area contributed by atoms with Gasteiger partial charge in [-0.1, -0.05) is 0 Å². The quantitative estimate of drug-likeness (QED) is 0.588. The van der Waals surface area contributed by atoms with Gasteiger partial charge in [0.25, 0.3) is 0 Å². The topological polar surface area (TPSA) is 98.8 Å². The SMILES string of the molecule is COP(=O)(OC)C(CO)CC(N)=O. The fourth-order valence-corrected chi connectivity index (χ4v) is 2.23. The molecule has 0 heterocycles. The van der Waals surface area contributed by atoms with Crippen molar-refractivity contribution >= 4 is 13.5 Å². The van der Waals surface area contributed by atoms with Gasteiger partial charge in [0.1, 0.15) is 0 Å². The first-order chi connectivity index (χ1) is 6.00. The van der Waals surface area contributed by atoms with Crippen molar-refractivity contribution in [2.75, 3.05) is 20.8 Å². The first kappa shape index (κ1) is 12.6. The summed E-state index contributed by atoms with van der Waals surface area (Å²) in [5.41, 5.74) is 4.00. The number of carbonyl (C=O) groups is 1. The number of hydrogen-bond donors (Lipinski definition) is 2. The molecule has 0 rings (SSSR count). The lowest BCUT2D eigenvalue weighted by molar-refractivity contribution is -0.118. The Hall–Kier alpha value is -0.420. The highest BCUT2D eigenvalue weighted by Crippen LogP contribution is 2.52. The highest BCUT2D eigenvalue weighted by molar-refractivity contribution is 7.54. The van der Waals surface area contributed by atoms with Crippen molar-refractivity contribution < 1.29 is 23.5 Å². The molecule has 0 radical (unpaired) electrons. The van der Waals surface area contributed by atoms with Gasteiger partial charge in [-0.2, -0.15) is 0 Å². The van der Waals surface area contributed by atoms with E-state index in [1.807, 2.05) is 0 Å². The van der Waals surface area contributed by atoms with Gasteiger partial charge in [-0.05, 0) is 0 Å². The van der Waals surface area contributed by atoms with Crippen LogP contribution < -0.4 is 5.73 Å². The smallest absolute Gasteiger partial charge is 0.336 e. The molecule has 0 saturated carbocycles. The first-order valence-corrected chi connectivity index (χ1v) is 5.21. The third-order valence-electron chi connectivity index (χ3n) is 1.60. The molecular weight excluding hydrogens is 197 g/mol. The molecule has 0 bridgehead atoms. The zero-order chi connectivity index (χ0) is 10.5. The van der Waals surface area contributed by atoms with Gasteiger partial charge < -0.3 is 19.9 Å². The Kier molecular flexibility index (Phi) is 5.17. The predicted octanol–water partition coefficient (Wildman–Crippen LogP) is -0.291. The fourth-order valence-electron chi connectivity index (χ4n) is 0.881. The van der Waals surface area contributed by atoms with E-state index < -0.39 is 25.8 Å². The molecule has 0 aliphatic carbocycles. The van der Waals surface area contributed by atoms with Crippen LogP contribution in [0.3, 0.4) is 0 Å². The summed E-state index contributed by atoms with van der Waals surface area (Å²) >= 11 is 0. The van der Waals surface area contributed by atoms with Crippen molar-refractivity contribution in [1.29, 1.82) is 0 Å². The first-order valence-electron chi connectivity index (χ1n) is 3.60. The normalized spacial score (nSPS) is 14.1. The molecule has 0 saturated heterocycles. The summed E-state index contributed by atoms with van der Waals surface area (Å²) in [5.74, 6) is -0.659. The Morgan fingerprint density at radius 3 is 2.23 bits per heavy atom. The van der Waals surface area contributed by atoms with Crippen LogP contribution in [0.2, 0.25) is 0 Å². The van der Waals surface area contributed by atoms with Gasteiger partial charge in [-0.15, -0.1) is 0 Å². The van der Waals surface area contributed by atoms with Gasteiger partial charge in [0.2, 0.25) is 5.91 Å². The van der Waals surface area contributed by atoms with Gasteiger partial charge in [-0.3, -0.25) is 9.36 Å². The lowest BCUT2D eigenvalue weighted by Gasteiger charge is -2.21. The summed E-state index contributed by atoms with van der Waals surface area (Å²) in [7, 11) is -1.02. The summed E-state index contributed by atoms with van der Waals surface area (Å²) in [6.45, 7) is -0.470. The molecule has 0 aliphatic rings. The lowest BCUT2D eigenvalue weighted by Crippen LogP contribution is -2.24. The summed E-state index contributed by atoms with van der Waals surface area (Å²) < 4.78 is 20.8. The number of aliphatic hydroxyl groups excluding tert-OH is 1. The van der Waals surface area contributed by atoms with Crippen LogP contribution in [-0.4, -0.2) is 37.5 Å². The Labute approximate surface area is 76.5 Å². The minimum absolute atomic E-state index is 0.227. The summed E-state index contributed by atoms with van der Waals surface area (Å²) in [6.07, 6.45) is -0.227. The summed E-state index contributed by atoms with van der Waals surface area (Å²) in [5, 5.41) is 8.83. The number of primary amides is 1. The zero-order valence-electron chi connectivity index (χ0n) is 7.60. The maximum absolute atomic E-state index is 11.6. The van der Waals surface area contributed by atoms with Crippen molar-refractivity contribution in [2.45, 2.75) is 12.1 Å². The van der Waals surface area contributed by atoms with E-state index in [-0.39, 0.29) is 6.42 Å². The van der Waals surface area contributed by atoms with Gasteiger partial charge in [0.15, 0.2) is 0 Å². The number of rotatable bonds is 6. The lowest BCUT2D eigenvalue weighted by atomic mass is 10.3. The Balaban J connectivity index is 4.53. The van der Waals surface area contributed by atoms with Gasteiger partial charge in [-0.25, -0.2) is 0 Å². The fraction of sp³-hybridized carbons (Fsp3) is 0.833. The largest absolute Gasteiger partial charge is 0.395 e. The Bertz CT molecular complexity index is 211. The highest BCUT2D eigenvalue weighted by Gasteiger charge is 2.34. The minimum atomic E-state index is -3.40. The molecule has 0 aromatic rings. The second kappa shape index (κ2) is 5.34. The molecule has 7 heteroatoms. The number of nitrogens with two attached hydrogens (primary N) is 1. The van der Waals surface area contributed by atoms with Crippen LogP contribution in [-0.2, 0) is 18.4 Å². The van der Waals surface area contributed by atoms with Crippen LogP contribution in [0.25, 0.3) is 0 Å². The Morgan fingerprint density at radius 2 is 2.00 bits per heavy atom. The molecule has 1 unspecified atom stereocenters. The van der Waals surface area contributed by atoms with Crippen LogP contribution in [0.5, 0.6) is 0 Å². The van der Waals surface area contributed by atoms with Crippen LogP contribution in [0, 0.1) is 0 Å². The van der Waals surface area contributed by atoms with E-state index in [1.165, 1.54) is 14.2 Å². The van der Waals surface area contributed by atoms with Gasteiger partial charge in [0.05, 0.1) is 12.3 Å². The standard InChI is InChI=1S/C6H14NO5P/c1-11-13(10,12-2)5(4-8)3-6(7)9/h5,8H,3-4H2,1-2H3,(H2,7,9). The zero-order valence-corrected chi connectivity index (χ0v) is 8.49. The molecule has 0 spiro atoms. The van der Waals surface area contributed by atoms with E-state index in [0.29, 0.717) is 0 Å². The number of hydrogen-bond acceptors (Lipinski definition) is 5. The Morgan fingerprint density at radius 1 is 1.54 bits per heavy atom. The number of amides is 1. The van der Waals surface area contributed by atoms with Gasteiger partial charge >= 0.3 is 7.60 Å². The van der Waals surface area contributed by atoms with E-state index in [0.717, 1.165) is 0 Å². The van der Waals surface area contributed by atoms with Crippen LogP contribution in [0.4, 0.5) is 0 Å². The maximum atomic E-state index is 11.6. The molecule has 6 nitrogen and oxygen atoms in total. The molecule has 13 heavy (non-hydrogen) atoms. The van der Waals surface area contributed by atoms with Gasteiger partial charge in [0, 0.05) is 20.6 Å². The van der Waals surface area contributed by atoms with Crippen LogP contribution in [0.15, 0.2) is 0 Å². The van der Waals surface area contributed by atoms with Crippen LogP contribution >= 0.6 is 7.60 Å². The third-order valence-corrected chi connectivity index (χ3v) is 3.86. The van der Waals surface area contributed by atoms with Crippen molar-refractivity contribution in [2.24, 2.45) is 5.73 Å². The van der Waals surface area contributed by atoms with E-state index in [2.05, 4.69) is 9.05 Å². The van der Waals surface area contributed by atoms with Crippen molar-refractivity contribution in [3.63, 3.8) is 0 Å². The van der Waals surface area contributed by atoms with E-state index in [1.54, 1.807) is 0 Å². The van der Waals surface area contributed by atoms with E-state index in [9.17, 15) is 9.36 Å². The summed E-state index contributed by atoms with van der Waals surface area (Å²) in [4.78, 5) is 10.5. The predicted molar refractivity (Wildman–Crippen MR) is 46.3 cm³/mol. The van der Waals surface area contributed by atoms with Crippen molar-refractivity contribution in [3.8, 4) is 0 Å². The monoisotopic (exact) mass is 211 g/mol. The molecule has 78 valence electrons. The van der Waals surface area contributed by atoms with Crippen molar-refractivity contribution in [1.82, 2.24) is 0 Å². The third kappa shape index (κ3) is 3.44. The molecule has 1 amide bonds. The molecule has 3 N–H and O–H groups in total. The minimum Gasteiger partial charge on any atom is -0.395 e. The molecule has 0 fully saturated rings. The number of carbonyl (C=O) groups excluding carboxylic acids is 1. The second-order valence-corrected chi connectivity index (χ2v) is 4.95. The van der Waals surface area contributed by atoms with Crippen LogP contribution in [0.1, 0.15) is 6.42 Å². The molecule has 0 aromatic heterocycles. The molecular formula is C6H14NO5P. The second-order valence-electron chi connectivity index (χ2n) is 2.41. The van der Waals surface area contributed by atoms with E-state index in [4.69, 9.17) is 10.8 Å². The highest BCUT2D eigenvalue weighted by atomic mass is 31.2. The van der Waals surface area contributed by atoms with Crippen molar-refractivity contribution in [3.05, 3.63) is 0 Å². The average Bonchev–Trinajstić information content (AvgIpc) is 2.12. The number of aliphatic hydroxyl groups is 1.